The fourth-order valence-electron chi connectivity index (χ4n) is 4.71. The number of para-hydroxylation sites is 1. The molecule has 5 rings (SSSR count). The van der Waals surface area contributed by atoms with Gasteiger partial charge in [0.15, 0.2) is 11.5 Å². The lowest BCUT2D eigenvalue weighted by Gasteiger charge is -2.35. The Balaban J connectivity index is 1.60. The zero-order valence-corrected chi connectivity index (χ0v) is 20.5. The topological polar surface area (TPSA) is 90.8 Å². The summed E-state index contributed by atoms with van der Waals surface area (Å²) in [5, 5.41) is 0. The van der Waals surface area contributed by atoms with Gasteiger partial charge in [-0.25, -0.2) is 9.37 Å². The predicted octanol–water partition coefficient (Wildman–Crippen LogP) is 5.08. The summed E-state index contributed by atoms with van der Waals surface area (Å²) in [4.78, 5) is 18.8. The number of ether oxygens (including phenoxy) is 2. The molecular formula is C28H28FN3O4. The smallest absolute Gasteiger partial charge is 0.310 e. The molecule has 1 atom stereocenters. The fourth-order valence-corrected chi connectivity index (χ4v) is 4.71. The number of hydrogen-bond acceptors (Lipinski definition) is 7. The summed E-state index contributed by atoms with van der Waals surface area (Å²) in [5.41, 5.74) is 10.8. The first kappa shape index (κ1) is 23.8. The van der Waals surface area contributed by atoms with Crippen LogP contribution in [-0.4, -0.2) is 31.2 Å². The molecule has 0 unspecified atom stereocenters. The van der Waals surface area contributed by atoms with Gasteiger partial charge in [-0.15, -0.1) is 0 Å². The highest BCUT2D eigenvalue weighted by Crippen LogP contribution is 2.42. The summed E-state index contributed by atoms with van der Waals surface area (Å²) >= 11 is 0. The van der Waals surface area contributed by atoms with E-state index in [9.17, 15) is 4.79 Å². The van der Waals surface area contributed by atoms with Crippen LogP contribution in [0.4, 0.5) is 10.1 Å². The molecule has 1 aromatic heterocycles. The highest BCUT2D eigenvalue weighted by Gasteiger charge is 2.29. The Bertz CT molecular complexity index is 1450. The fraction of sp³-hybridized carbons (Fsp3) is 0.286. The highest BCUT2D eigenvalue weighted by molar-refractivity contribution is 5.92. The zero-order valence-electron chi connectivity index (χ0n) is 20.5. The molecule has 0 aliphatic carbocycles. The number of esters is 1. The van der Waals surface area contributed by atoms with Crippen molar-refractivity contribution < 1.29 is 23.1 Å². The van der Waals surface area contributed by atoms with Gasteiger partial charge >= 0.3 is 5.97 Å². The number of likely N-dealkylation sites (N-methyl/N-ethyl adjacent to an activating group) is 1. The van der Waals surface area contributed by atoms with E-state index in [4.69, 9.17) is 19.6 Å². The normalized spacial score (nSPS) is 15.0. The van der Waals surface area contributed by atoms with Crippen molar-refractivity contribution in [1.29, 1.82) is 0 Å². The lowest BCUT2D eigenvalue weighted by molar-refractivity contribution is -0.142. The molecule has 0 bridgehead atoms. The molecule has 0 spiro atoms. The number of fused-ring (bicyclic) bond motifs is 2. The van der Waals surface area contributed by atoms with Crippen molar-refractivity contribution in [2.45, 2.75) is 32.9 Å². The van der Waals surface area contributed by atoms with E-state index in [-0.39, 0.29) is 30.9 Å². The van der Waals surface area contributed by atoms with Gasteiger partial charge in [-0.3, -0.25) is 4.79 Å². The Hall–Kier alpha value is -3.91. The molecule has 36 heavy (non-hydrogen) atoms. The van der Waals surface area contributed by atoms with Gasteiger partial charge in [-0.1, -0.05) is 30.3 Å². The summed E-state index contributed by atoms with van der Waals surface area (Å²) in [7, 11) is 1.98. The average molecular weight is 490 g/mol. The molecule has 3 aromatic carbocycles. The van der Waals surface area contributed by atoms with Crippen LogP contribution < -0.4 is 15.4 Å². The summed E-state index contributed by atoms with van der Waals surface area (Å²) in [6.45, 7) is 4.51. The van der Waals surface area contributed by atoms with Crippen LogP contribution in [0.3, 0.4) is 0 Å². The van der Waals surface area contributed by atoms with Crippen LogP contribution in [0.25, 0.3) is 22.2 Å². The van der Waals surface area contributed by atoms with Crippen LogP contribution in [0.1, 0.15) is 35.6 Å². The molecule has 186 valence electrons. The van der Waals surface area contributed by atoms with Crippen LogP contribution in [0, 0.1) is 12.7 Å². The van der Waals surface area contributed by atoms with Crippen molar-refractivity contribution in [1.82, 2.24) is 4.98 Å². The molecule has 4 aromatic rings. The van der Waals surface area contributed by atoms with Gasteiger partial charge < -0.3 is 24.5 Å². The van der Waals surface area contributed by atoms with Gasteiger partial charge in [0, 0.05) is 42.8 Å². The van der Waals surface area contributed by atoms with E-state index in [1.807, 2.05) is 37.4 Å². The highest BCUT2D eigenvalue weighted by atomic mass is 19.1. The van der Waals surface area contributed by atoms with Crippen LogP contribution in [0.2, 0.25) is 0 Å². The summed E-state index contributed by atoms with van der Waals surface area (Å²) in [6, 6.07) is 14.7. The van der Waals surface area contributed by atoms with Crippen molar-refractivity contribution >= 4 is 22.8 Å². The third-order valence-electron chi connectivity index (χ3n) is 6.41. The molecule has 0 radical (unpaired) electrons. The van der Waals surface area contributed by atoms with E-state index in [2.05, 4.69) is 9.88 Å². The predicted molar refractivity (Wildman–Crippen MR) is 135 cm³/mol. The number of oxazole rings is 1. The lowest BCUT2D eigenvalue weighted by Crippen LogP contribution is -2.32. The maximum absolute atomic E-state index is 15.3. The third kappa shape index (κ3) is 4.28. The molecule has 2 N–H and O–H groups in total. The zero-order chi connectivity index (χ0) is 25.4. The van der Waals surface area contributed by atoms with Crippen molar-refractivity contribution in [3.63, 3.8) is 0 Å². The number of carbonyl (C=O) groups is 1. The largest absolute Gasteiger partial charge is 0.481 e. The molecule has 8 heteroatoms. The minimum Gasteiger partial charge on any atom is -0.481 e. The van der Waals surface area contributed by atoms with Gasteiger partial charge in [-0.2, -0.15) is 0 Å². The Labute approximate surface area is 208 Å². The average Bonchev–Trinajstić information content (AvgIpc) is 3.24. The lowest BCUT2D eigenvalue weighted by atomic mass is 9.96. The third-order valence-corrected chi connectivity index (χ3v) is 6.41. The van der Waals surface area contributed by atoms with E-state index in [0.29, 0.717) is 52.6 Å². The number of carbonyl (C=O) groups excluding carboxylic acids is 1. The number of aromatic nitrogens is 1. The second kappa shape index (κ2) is 9.62. The van der Waals surface area contributed by atoms with Crippen LogP contribution in [0.5, 0.6) is 5.75 Å². The van der Waals surface area contributed by atoms with Crippen LogP contribution >= 0.6 is 0 Å². The second-order valence-electron chi connectivity index (χ2n) is 8.87. The Morgan fingerprint density at radius 2 is 1.97 bits per heavy atom. The Morgan fingerprint density at radius 3 is 2.75 bits per heavy atom. The molecule has 0 fully saturated rings. The van der Waals surface area contributed by atoms with Gasteiger partial charge in [0.25, 0.3) is 0 Å². The Morgan fingerprint density at radius 1 is 1.19 bits per heavy atom. The quantitative estimate of drug-likeness (QED) is 0.378. The molecule has 2 heterocycles. The molecule has 1 aliphatic rings. The van der Waals surface area contributed by atoms with E-state index in [1.54, 1.807) is 32.0 Å². The van der Waals surface area contributed by atoms with Gasteiger partial charge in [-0.05, 0) is 30.7 Å². The second-order valence-corrected chi connectivity index (χ2v) is 8.87. The molecule has 0 saturated heterocycles. The maximum atomic E-state index is 15.3. The molecule has 1 aliphatic heterocycles. The van der Waals surface area contributed by atoms with Crippen molar-refractivity contribution in [3.8, 4) is 16.9 Å². The molecule has 0 saturated carbocycles. The van der Waals surface area contributed by atoms with Crippen molar-refractivity contribution in [2.75, 3.05) is 25.1 Å². The number of nitrogens with zero attached hydrogens (tertiary/aromatic N) is 2. The van der Waals surface area contributed by atoms with Gasteiger partial charge in [0.2, 0.25) is 0 Å². The van der Waals surface area contributed by atoms with E-state index in [1.165, 1.54) is 0 Å². The van der Waals surface area contributed by atoms with E-state index < -0.39 is 0 Å². The van der Waals surface area contributed by atoms with Gasteiger partial charge in [0.1, 0.15) is 23.2 Å². The number of nitrogens with two attached hydrogens (primary N) is 1. The first-order chi connectivity index (χ1) is 17.4. The molecule has 7 nitrogen and oxygen atoms in total. The van der Waals surface area contributed by atoms with E-state index >= 15 is 4.39 Å². The van der Waals surface area contributed by atoms with E-state index in [0.717, 1.165) is 16.8 Å². The number of hydrogen-bond donors (Lipinski definition) is 1. The number of aryl methyl sites for hydroxylation is 1. The number of halogens is 1. The molecule has 0 amide bonds. The monoisotopic (exact) mass is 489 g/mol. The summed E-state index contributed by atoms with van der Waals surface area (Å²) in [6.07, 6.45) is -0.277. The van der Waals surface area contributed by atoms with Gasteiger partial charge in [0.05, 0.1) is 25.3 Å². The first-order valence-electron chi connectivity index (χ1n) is 11.9. The van der Waals surface area contributed by atoms with Crippen LogP contribution in [0.15, 0.2) is 52.9 Å². The minimum atomic E-state index is -0.389. The van der Waals surface area contributed by atoms with Crippen molar-refractivity contribution in [3.05, 3.63) is 76.9 Å². The standard InChI is InChI=1S/C28H28FN3O4/c1-4-34-25(33)13-17-7-6-10-22-28(17)36-24(15-32(22)3)19-11-21(27-23(12-19)35-16(2)31-27)20-9-5-8-18(14-30)26(20)29/h5-12,24H,4,13-15,30H2,1-3H3/t24-/m0/s1. The molecular weight excluding hydrogens is 461 g/mol. The number of anilines is 1. The maximum Gasteiger partial charge on any atom is 0.310 e. The first-order valence-corrected chi connectivity index (χ1v) is 11.9. The minimum absolute atomic E-state index is 0.0942. The Kier molecular flexibility index (Phi) is 6.36. The number of rotatable bonds is 6. The summed E-state index contributed by atoms with van der Waals surface area (Å²) < 4.78 is 32.9. The van der Waals surface area contributed by atoms with Crippen molar-refractivity contribution in [2.24, 2.45) is 5.73 Å². The summed E-state index contributed by atoms with van der Waals surface area (Å²) in [5.74, 6) is 0.441. The number of benzene rings is 3. The van der Waals surface area contributed by atoms with Crippen LogP contribution in [-0.2, 0) is 22.5 Å². The SMILES string of the molecule is CCOC(=O)Cc1cccc2c1O[C@H](c1cc(-c3cccc(CN)c3F)c3nc(C)oc3c1)CN2C.